The molecule has 1 aromatic heterocycles. The van der Waals surface area contributed by atoms with Crippen molar-refractivity contribution in [1.82, 2.24) is 0 Å². The van der Waals surface area contributed by atoms with Gasteiger partial charge in [0.2, 0.25) is 0 Å². The summed E-state index contributed by atoms with van der Waals surface area (Å²) in [5.74, 6) is 2.78. The molecule has 0 aliphatic carbocycles. The van der Waals surface area contributed by atoms with Crippen molar-refractivity contribution in [3.63, 3.8) is 0 Å². The summed E-state index contributed by atoms with van der Waals surface area (Å²) in [5.41, 5.74) is 6.06. The summed E-state index contributed by atoms with van der Waals surface area (Å²) < 4.78 is 22.9. The fourth-order valence-electron chi connectivity index (χ4n) is 4.10. The second kappa shape index (κ2) is 9.41. The quantitative estimate of drug-likeness (QED) is 0.334. The fraction of sp³-hybridized carbons (Fsp3) is 0.250. The number of hydrogen-bond acceptors (Lipinski definition) is 5. The normalized spacial score (nSPS) is 11.6. The lowest BCUT2D eigenvalue weighted by Crippen LogP contribution is -2.05. The van der Waals surface area contributed by atoms with Gasteiger partial charge in [0.1, 0.15) is 17.1 Å². The topological polar surface area (TPSA) is 53.2 Å². The van der Waals surface area contributed by atoms with E-state index in [0.29, 0.717) is 23.9 Å². The second-order valence-corrected chi connectivity index (χ2v) is 8.02. The minimum absolute atomic E-state index is 0.592. The highest BCUT2D eigenvalue weighted by atomic mass is 16.5. The Bertz CT molecular complexity index is 1360. The maximum atomic E-state index is 6.30. The first-order valence-corrected chi connectivity index (χ1v) is 11.0. The van der Waals surface area contributed by atoms with Gasteiger partial charge in [-0.15, -0.1) is 0 Å². The highest BCUT2D eigenvalue weighted by molar-refractivity contribution is 5.80. The van der Waals surface area contributed by atoms with Gasteiger partial charge in [-0.25, -0.2) is 4.99 Å². The van der Waals surface area contributed by atoms with E-state index < -0.39 is 0 Å². The Balaban J connectivity index is 2.00. The standard InChI is InChI=1S/C28H29NO4/c1-7-32-21-9-11-24-22(15-21)23(29-28-18(3)12-17(2)13-19(28)4)16-26(33-24)20-8-10-25(30-5)27(14-20)31-6/h8-16H,7H2,1-6H3. The Hall–Kier alpha value is -3.73. The van der Waals surface area contributed by atoms with Crippen molar-refractivity contribution in [2.75, 3.05) is 20.8 Å². The van der Waals surface area contributed by atoms with Gasteiger partial charge in [-0.3, -0.25) is 0 Å². The van der Waals surface area contributed by atoms with Gasteiger partial charge in [0.15, 0.2) is 11.5 Å². The van der Waals surface area contributed by atoms with E-state index in [2.05, 4.69) is 32.9 Å². The Kier molecular flexibility index (Phi) is 6.40. The maximum absolute atomic E-state index is 6.30. The zero-order chi connectivity index (χ0) is 23.5. The van der Waals surface area contributed by atoms with Crippen molar-refractivity contribution < 1.29 is 18.6 Å². The van der Waals surface area contributed by atoms with Crippen molar-refractivity contribution in [1.29, 1.82) is 0 Å². The third-order valence-corrected chi connectivity index (χ3v) is 5.56. The molecule has 0 N–H and O–H groups in total. The van der Waals surface area contributed by atoms with Crippen LogP contribution in [-0.2, 0) is 0 Å². The number of rotatable bonds is 6. The highest BCUT2D eigenvalue weighted by Crippen LogP contribution is 2.33. The first-order chi connectivity index (χ1) is 15.9. The molecule has 0 atom stereocenters. The molecule has 3 aromatic carbocycles. The van der Waals surface area contributed by atoms with Gasteiger partial charge < -0.3 is 18.6 Å². The van der Waals surface area contributed by atoms with Gasteiger partial charge in [0.05, 0.1) is 31.9 Å². The van der Waals surface area contributed by atoms with Crippen LogP contribution in [0.25, 0.3) is 22.3 Å². The minimum Gasteiger partial charge on any atom is -0.494 e. The van der Waals surface area contributed by atoms with Crippen molar-refractivity contribution >= 4 is 16.7 Å². The fourth-order valence-corrected chi connectivity index (χ4v) is 4.10. The smallest absolute Gasteiger partial charge is 0.161 e. The molecule has 5 nitrogen and oxygen atoms in total. The molecule has 0 bridgehead atoms. The molecule has 0 saturated heterocycles. The van der Waals surface area contributed by atoms with Crippen molar-refractivity contribution in [3.05, 3.63) is 76.6 Å². The number of hydrogen-bond donors (Lipinski definition) is 0. The Morgan fingerprint density at radius 1 is 0.818 bits per heavy atom. The summed E-state index contributed by atoms with van der Waals surface area (Å²) in [7, 11) is 3.25. The first kappa shape index (κ1) is 22.5. The lowest BCUT2D eigenvalue weighted by molar-refractivity contribution is 0.340. The van der Waals surface area contributed by atoms with E-state index in [1.165, 1.54) is 5.56 Å². The van der Waals surface area contributed by atoms with Gasteiger partial charge in [0.25, 0.3) is 0 Å². The average molecular weight is 444 g/mol. The van der Waals surface area contributed by atoms with E-state index in [-0.39, 0.29) is 0 Å². The number of methoxy groups -OCH3 is 2. The van der Waals surface area contributed by atoms with Crippen LogP contribution in [0.3, 0.4) is 0 Å². The zero-order valence-electron chi connectivity index (χ0n) is 20.0. The predicted molar refractivity (Wildman–Crippen MR) is 132 cm³/mol. The summed E-state index contributed by atoms with van der Waals surface area (Å²) >= 11 is 0. The van der Waals surface area contributed by atoms with Gasteiger partial charge in [-0.1, -0.05) is 17.7 Å². The molecule has 0 fully saturated rings. The molecule has 0 aliphatic rings. The Labute approximate surface area is 194 Å². The summed E-state index contributed by atoms with van der Waals surface area (Å²) in [6.07, 6.45) is 0. The summed E-state index contributed by atoms with van der Waals surface area (Å²) in [6, 6.07) is 17.8. The van der Waals surface area contributed by atoms with Crippen LogP contribution >= 0.6 is 0 Å². The molecule has 5 heteroatoms. The van der Waals surface area contributed by atoms with E-state index in [1.54, 1.807) is 14.2 Å². The van der Waals surface area contributed by atoms with Crippen molar-refractivity contribution in [2.45, 2.75) is 27.7 Å². The van der Waals surface area contributed by atoms with Gasteiger partial charge in [0, 0.05) is 17.0 Å². The van der Waals surface area contributed by atoms with Crippen LogP contribution in [0.2, 0.25) is 0 Å². The van der Waals surface area contributed by atoms with Crippen LogP contribution in [0.15, 0.2) is 64.0 Å². The highest BCUT2D eigenvalue weighted by Gasteiger charge is 2.12. The Morgan fingerprint density at radius 2 is 1.55 bits per heavy atom. The third-order valence-electron chi connectivity index (χ3n) is 5.56. The molecule has 0 spiro atoms. The van der Waals surface area contributed by atoms with Gasteiger partial charge in [-0.2, -0.15) is 0 Å². The molecule has 4 aromatic rings. The van der Waals surface area contributed by atoms with E-state index in [4.69, 9.17) is 23.6 Å². The molecule has 33 heavy (non-hydrogen) atoms. The molecule has 4 rings (SSSR count). The van der Waals surface area contributed by atoms with Gasteiger partial charge in [-0.05, 0) is 75.2 Å². The summed E-state index contributed by atoms with van der Waals surface area (Å²) in [6.45, 7) is 8.85. The molecule has 0 radical (unpaired) electrons. The van der Waals surface area contributed by atoms with Crippen LogP contribution < -0.4 is 19.6 Å². The molecular formula is C28H29NO4. The van der Waals surface area contributed by atoms with E-state index >= 15 is 0 Å². The molecular weight excluding hydrogens is 414 g/mol. The SMILES string of the molecule is CCOc1ccc2oc(-c3ccc(OC)c(OC)c3)cc(=Nc3c(C)cc(C)cc3C)c2c1. The Morgan fingerprint density at radius 3 is 2.21 bits per heavy atom. The molecule has 170 valence electrons. The third kappa shape index (κ3) is 4.58. The zero-order valence-corrected chi connectivity index (χ0v) is 20.0. The maximum Gasteiger partial charge on any atom is 0.161 e. The lowest BCUT2D eigenvalue weighted by atomic mass is 10.1. The van der Waals surface area contributed by atoms with Crippen LogP contribution in [0.5, 0.6) is 17.2 Å². The predicted octanol–water partition coefficient (Wildman–Crippen LogP) is 6.67. The summed E-state index contributed by atoms with van der Waals surface area (Å²) in [4.78, 5) is 5.10. The number of ether oxygens (including phenoxy) is 3. The van der Waals surface area contributed by atoms with Crippen molar-refractivity contribution in [3.8, 4) is 28.6 Å². The molecule has 1 heterocycles. The second-order valence-electron chi connectivity index (χ2n) is 8.02. The van der Waals surface area contributed by atoms with E-state index in [1.807, 2.05) is 49.4 Å². The monoisotopic (exact) mass is 443 g/mol. The average Bonchev–Trinajstić information content (AvgIpc) is 2.81. The van der Waals surface area contributed by atoms with E-state index in [9.17, 15) is 0 Å². The van der Waals surface area contributed by atoms with Crippen molar-refractivity contribution in [2.24, 2.45) is 4.99 Å². The summed E-state index contributed by atoms with van der Waals surface area (Å²) in [5, 5.41) is 1.71. The van der Waals surface area contributed by atoms with Gasteiger partial charge >= 0.3 is 0 Å². The lowest BCUT2D eigenvalue weighted by Gasteiger charge is -2.11. The van der Waals surface area contributed by atoms with Crippen LogP contribution in [0, 0.1) is 20.8 Å². The molecule has 0 unspecified atom stereocenters. The largest absolute Gasteiger partial charge is 0.494 e. The van der Waals surface area contributed by atoms with Crippen LogP contribution in [0.1, 0.15) is 23.6 Å². The number of fused-ring (bicyclic) bond motifs is 1. The van der Waals surface area contributed by atoms with E-state index in [0.717, 1.165) is 44.5 Å². The first-order valence-electron chi connectivity index (χ1n) is 11.0. The van der Waals surface area contributed by atoms with Crippen LogP contribution in [-0.4, -0.2) is 20.8 Å². The molecule has 0 saturated carbocycles. The number of benzene rings is 3. The number of nitrogens with zero attached hydrogens (tertiary/aromatic N) is 1. The molecule has 0 amide bonds. The van der Waals surface area contributed by atoms with Crippen LogP contribution in [0.4, 0.5) is 5.69 Å². The minimum atomic E-state index is 0.592. The molecule has 0 aliphatic heterocycles. The number of aryl methyl sites for hydroxylation is 3.